The highest BCUT2D eigenvalue weighted by Crippen LogP contribution is 2.34. The van der Waals surface area contributed by atoms with Gasteiger partial charge >= 0.3 is 0 Å². The highest BCUT2D eigenvalue weighted by atomic mass is 16.7. The van der Waals surface area contributed by atoms with Crippen LogP contribution in [0, 0.1) is 0 Å². The zero-order chi connectivity index (χ0) is 17.8. The Morgan fingerprint density at radius 3 is 2.58 bits per heavy atom. The first-order valence-corrected chi connectivity index (χ1v) is 8.26. The Morgan fingerprint density at radius 2 is 1.69 bits per heavy atom. The van der Waals surface area contributed by atoms with Crippen molar-refractivity contribution in [2.75, 3.05) is 12.1 Å². The van der Waals surface area contributed by atoms with Gasteiger partial charge in [0.1, 0.15) is 12.4 Å². The third-order valence-corrected chi connectivity index (χ3v) is 4.00. The maximum atomic E-state index is 12.7. The van der Waals surface area contributed by atoms with Crippen LogP contribution in [0.1, 0.15) is 15.9 Å². The highest BCUT2D eigenvalue weighted by Gasteiger charge is 2.16. The van der Waals surface area contributed by atoms with Crippen LogP contribution in [0.5, 0.6) is 17.2 Å². The van der Waals surface area contributed by atoms with Gasteiger partial charge in [0.15, 0.2) is 11.5 Å². The van der Waals surface area contributed by atoms with Crippen molar-refractivity contribution in [3.05, 3.63) is 83.9 Å². The summed E-state index contributed by atoms with van der Waals surface area (Å²) in [6, 6.07) is 22.3. The molecule has 3 aromatic carbocycles. The highest BCUT2D eigenvalue weighted by molar-refractivity contribution is 6.06. The van der Waals surface area contributed by atoms with Crippen molar-refractivity contribution < 1.29 is 19.0 Å². The molecule has 0 atom stereocenters. The van der Waals surface area contributed by atoms with Gasteiger partial charge < -0.3 is 19.5 Å². The molecule has 0 bridgehead atoms. The van der Waals surface area contributed by atoms with Crippen LogP contribution in [-0.2, 0) is 6.61 Å². The molecular formula is C21H17NO4. The quantitative estimate of drug-likeness (QED) is 0.750. The van der Waals surface area contributed by atoms with Crippen molar-refractivity contribution in [1.29, 1.82) is 0 Å². The molecule has 0 spiro atoms. The van der Waals surface area contributed by atoms with Crippen molar-refractivity contribution >= 4 is 11.6 Å². The van der Waals surface area contributed by atoms with Crippen LogP contribution in [0.2, 0.25) is 0 Å². The fourth-order valence-electron chi connectivity index (χ4n) is 2.69. The molecule has 0 fully saturated rings. The van der Waals surface area contributed by atoms with E-state index in [0.29, 0.717) is 35.1 Å². The van der Waals surface area contributed by atoms with Gasteiger partial charge in [-0.3, -0.25) is 4.79 Å². The zero-order valence-corrected chi connectivity index (χ0v) is 14.0. The molecule has 0 saturated heterocycles. The largest absolute Gasteiger partial charge is 0.488 e. The van der Waals surface area contributed by atoms with E-state index in [0.717, 1.165) is 5.56 Å². The summed E-state index contributed by atoms with van der Waals surface area (Å²) in [7, 11) is 0. The van der Waals surface area contributed by atoms with E-state index in [2.05, 4.69) is 5.32 Å². The Balaban J connectivity index is 1.49. The molecule has 0 aliphatic carbocycles. The van der Waals surface area contributed by atoms with E-state index in [-0.39, 0.29) is 12.7 Å². The number of carbonyl (C=O) groups is 1. The molecule has 1 heterocycles. The predicted octanol–water partition coefficient (Wildman–Crippen LogP) is 4.25. The van der Waals surface area contributed by atoms with E-state index < -0.39 is 0 Å². The van der Waals surface area contributed by atoms with Crippen molar-refractivity contribution in [2.24, 2.45) is 0 Å². The number of fused-ring (bicyclic) bond motifs is 1. The first-order valence-electron chi connectivity index (χ1n) is 8.26. The average molecular weight is 347 g/mol. The van der Waals surface area contributed by atoms with Crippen LogP contribution in [0.3, 0.4) is 0 Å². The van der Waals surface area contributed by atoms with E-state index >= 15 is 0 Å². The van der Waals surface area contributed by atoms with Gasteiger partial charge in [0.2, 0.25) is 6.79 Å². The second kappa shape index (κ2) is 7.19. The number of benzene rings is 3. The SMILES string of the molecule is O=C(Nc1ccc2c(c1)OCO2)c1ccccc1OCc1ccccc1. The van der Waals surface area contributed by atoms with Crippen LogP contribution in [0.15, 0.2) is 72.8 Å². The first kappa shape index (κ1) is 16.0. The number of carbonyl (C=O) groups excluding carboxylic acids is 1. The summed E-state index contributed by atoms with van der Waals surface area (Å²) in [4.78, 5) is 12.7. The van der Waals surface area contributed by atoms with Gasteiger partial charge in [-0.2, -0.15) is 0 Å². The van der Waals surface area contributed by atoms with Gasteiger partial charge in [-0.1, -0.05) is 42.5 Å². The standard InChI is InChI=1S/C21H17NO4/c23-21(22-16-10-11-19-20(12-16)26-14-25-19)17-8-4-5-9-18(17)24-13-15-6-2-1-3-7-15/h1-12H,13-14H2,(H,22,23). The van der Waals surface area contributed by atoms with Crippen LogP contribution in [0.4, 0.5) is 5.69 Å². The number of hydrogen-bond acceptors (Lipinski definition) is 4. The van der Waals surface area contributed by atoms with Crippen LogP contribution in [-0.4, -0.2) is 12.7 Å². The van der Waals surface area contributed by atoms with E-state index in [1.807, 2.05) is 42.5 Å². The monoisotopic (exact) mass is 347 g/mol. The van der Waals surface area contributed by atoms with E-state index in [1.165, 1.54) is 0 Å². The minimum atomic E-state index is -0.243. The summed E-state index contributed by atoms with van der Waals surface area (Å²) in [5.41, 5.74) is 2.15. The Morgan fingerprint density at radius 1 is 0.923 bits per heavy atom. The van der Waals surface area contributed by atoms with E-state index in [1.54, 1.807) is 30.3 Å². The molecule has 3 aromatic rings. The molecule has 1 amide bonds. The lowest BCUT2D eigenvalue weighted by molar-refractivity contribution is 0.102. The van der Waals surface area contributed by atoms with Crippen molar-refractivity contribution in [3.63, 3.8) is 0 Å². The summed E-state index contributed by atoms with van der Waals surface area (Å²) in [6.45, 7) is 0.595. The van der Waals surface area contributed by atoms with Gasteiger partial charge in [-0.15, -0.1) is 0 Å². The summed E-state index contributed by atoms with van der Waals surface area (Å²) in [6.07, 6.45) is 0. The Hall–Kier alpha value is -3.47. The summed E-state index contributed by atoms with van der Waals surface area (Å²) in [5, 5.41) is 2.87. The lowest BCUT2D eigenvalue weighted by Gasteiger charge is -2.12. The summed E-state index contributed by atoms with van der Waals surface area (Å²) in [5.74, 6) is 1.59. The predicted molar refractivity (Wildman–Crippen MR) is 97.7 cm³/mol. The smallest absolute Gasteiger partial charge is 0.259 e. The van der Waals surface area contributed by atoms with Gasteiger partial charge in [-0.05, 0) is 29.8 Å². The fourth-order valence-corrected chi connectivity index (χ4v) is 2.69. The number of amides is 1. The van der Waals surface area contributed by atoms with Gasteiger partial charge in [-0.25, -0.2) is 0 Å². The number of anilines is 1. The molecule has 4 rings (SSSR count). The van der Waals surface area contributed by atoms with Gasteiger partial charge in [0.25, 0.3) is 5.91 Å². The molecule has 26 heavy (non-hydrogen) atoms. The number of ether oxygens (including phenoxy) is 3. The first-order chi connectivity index (χ1) is 12.8. The molecule has 130 valence electrons. The topological polar surface area (TPSA) is 56.8 Å². The van der Waals surface area contributed by atoms with E-state index in [9.17, 15) is 4.79 Å². The van der Waals surface area contributed by atoms with Crippen LogP contribution >= 0.6 is 0 Å². The number of nitrogens with one attached hydrogen (secondary N) is 1. The molecule has 0 aromatic heterocycles. The second-order valence-corrected chi connectivity index (χ2v) is 5.79. The summed E-state index contributed by atoms with van der Waals surface area (Å²) >= 11 is 0. The molecule has 0 saturated carbocycles. The van der Waals surface area contributed by atoms with Crippen molar-refractivity contribution in [2.45, 2.75) is 6.61 Å². The lowest BCUT2D eigenvalue weighted by atomic mass is 10.1. The number of para-hydroxylation sites is 1. The van der Waals surface area contributed by atoms with Crippen LogP contribution in [0.25, 0.3) is 0 Å². The third kappa shape index (κ3) is 3.47. The molecule has 0 unspecified atom stereocenters. The molecule has 0 radical (unpaired) electrons. The minimum Gasteiger partial charge on any atom is -0.488 e. The average Bonchev–Trinajstić information content (AvgIpc) is 3.15. The number of rotatable bonds is 5. The molecule has 1 aliphatic heterocycles. The minimum absolute atomic E-state index is 0.197. The molecule has 1 N–H and O–H groups in total. The number of hydrogen-bond donors (Lipinski definition) is 1. The Labute approximate surface area is 151 Å². The maximum absolute atomic E-state index is 12.7. The van der Waals surface area contributed by atoms with Gasteiger partial charge in [0, 0.05) is 11.8 Å². The summed E-state index contributed by atoms with van der Waals surface area (Å²) < 4.78 is 16.5. The van der Waals surface area contributed by atoms with Gasteiger partial charge in [0.05, 0.1) is 5.56 Å². The molecule has 5 nitrogen and oxygen atoms in total. The molecular weight excluding hydrogens is 330 g/mol. The Kier molecular flexibility index (Phi) is 4.43. The Bertz CT molecular complexity index is 924. The van der Waals surface area contributed by atoms with Crippen molar-refractivity contribution in [3.8, 4) is 17.2 Å². The van der Waals surface area contributed by atoms with E-state index in [4.69, 9.17) is 14.2 Å². The zero-order valence-electron chi connectivity index (χ0n) is 14.0. The third-order valence-electron chi connectivity index (χ3n) is 4.00. The lowest BCUT2D eigenvalue weighted by Crippen LogP contribution is -2.13. The maximum Gasteiger partial charge on any atom is 0.259 e. The fraction of sp³-hybridized carbons (Fsp3) is 0.0952. The van der Waals surface area contributed by atoms with Crippen LogP contribution < -0.4 is 19.5 Å². The molecule has 1 aliphatic rings. The van der Waals surface area contributed by atoms with Crippen molar-refractivity contribution in [1.82, 2.24) is 0 Å². The molecule has 5 heteroatoms. The second-order valence-electron chi connectivity index (χ2n) is 5.79. The normalized spacial score (nSPS) is 11.8.